The van der Waals surface area contributed by atoms with E-state index >= 15 is 0 Å². The van der Waals surface area contributed by atoms with Gasteiger partial charge < -0.3 is 20.1 Å². The monoisotopic (exact) mass is 274 g/mol. The SMILES string of the molecule is O[C@H]1[C@H](O)CO[C@](SS)(c2ccccc2)[C@@H]1O. The Morgan fingerprint density at radius 1 is 1.24 bits per heavy atom. The second-order valence-electron chi connectivity index (χ2n) is 3.94. The van der Waals surface area contributed by atoms with Crippen molar-refractivity contribution in [2.45, 2.75) is 23.2 Å². The first-order valence-corrected chi connectivity index (χ1v) is 7.05. The summed E-state index contributed by atoms with van der Waals surface area (Å²) in [7, 11) is 1.01. The van der Waals surface area contributed by atoms with Gasteiger partial charge in [-0.15, -0.1) is 11.7 Å². The van der Waals surface area contributed by atoms with Crippen molar-refractivity contribution in [1.82, 2.24) is 0 Å². The van der Waals surface area contributed by atoms with Gasteiger partial charge in [-0.3, -0.25) is 0 Å². The predicted octanol–water partition coefficient (Wildman–Crippen LogP) is 0.530. The summed E-state index contributed by atoms with van der Waals surface area (Å²) in [6.07, 6.45) is -3.57. The molecule has 1 heterocycles. The number of benzene rings is 1. The first-order valence-electron chi connectivity index (χ1n) is 5.18. The zero-order chi connectivity index (χ0) is 12.5. The van der Waals surface area contributed by atoms with Crippen molar-refractivity contribution in [2.24, 2.45) is 0 Å². The van der Waals surface area contributed by atoms with E-state index in [-0.39, 0.29) is 6.61 Å². The van der Waals surface area contributed by atoms with E-state index in [1.54, 1.807) is 12.1 Å². The lowest BCUT2D eigenvalue weighted by Gasteiger charge is -2.44. The van der Waals surface area contributed by atoms with E-state index in [4.69, 9.17) is 4.74 Å². The summed E-state index contributed by atoms with van der Waals surface area (Å²) in [6, 6.07) is 9.05. The summed E-state index contributed by atoms with van der Waals surface area (Å²) in [6.45, 7) is -0.0410. The fraction of sp³-hybridized carbons (Fsp3) is 0.455. The summed E-state index contributed by atoms with van der Waals surface area (Å²) in [5.41, 5.74) is 0.707. The van der Waals surface area contributed by atoms with Crippen LogP contribution < -0.4 is 0 Å². The van der Waals surface area contributed by atoms with Gasteiger partial charge in [0, 0.05) is 0 Å². The molecule has 0 unspecified atom stereocenters. The molecule has 2 rings (SSSR count). The maximum Gasteiger partial charge on any atom is 0.177 e. The van der Waals surface area contributed by atoms with Gasteiger partial charge in [0.15, 0.2) is 4.93 Å². The van der Waals surface area contributed by atoms with Crippen LogP contribution in [0.2, 0.25) is 0 Å². The molecule has 0 aliphatic carbocycles. The number of aliphatic hydroxyl groups excluding tert-OH is 3. The van der Waals surface area contributed by atoms with Gasteiger partial charge in [0.05, 0.1) is 6.61 Å². The van der Waals surface area contributed by atoms with Crippen molar-refractivity contribution in [2.75, 3.05) is 6.61 Å². The minimum Gasteiger partial charge on any atom is -0.388 e. The zero-order valence-electron chi connectivity index (χ0n) is 8.93. The van der Waals surface area contributed by atoms with E-state index in [0.29, 0.717) is 5.56 Å². The van der Waals surface area contributed by atoms with Crippen LogP contribution in [-0.4, -0.2) is 40.2 Å². The molecule has 0 bridgehead atoms. The van der Waals surface area contributed by atoms with Gasteiger partial charge in [0.25, 0.3) is 0 Å². The Morgan fingerprint density at radius 3 is 2.47 bits per heavy atom. The molecule has 1 aliphatic rings. The zero-order valence-corrected chi connectivity index (χ0v) is 10.6. The van der Waals surface area contributed by atoms with Crippen LogP contribution >= 0.6 is 22.5 Å². The third kappa shape index (κ3) is 2.21. The number of rotatable bonds is 2. The lowest BCUT2D eigenvalue weighted by molar-refractivity contribution is -0.204. The molecule has 94 valence electrons. The van der Waals surface area contributed by atoms with Gasteiger partial charge in [-0.25, -0.2) is 0 Å². The van der Waals surface area contributed by atoms with Crippen molar-refractivity contribution in [3.05, 3.63) is 35.9 Å². The van der Waals surface area contributed by atoms with Crippen molar-refractivity contribution in [3.63, 3.8) is 0 Å². The van der Waals surface area contributed by atoms with Crippen LogP contribution in [0, 0.1) is 0 Å². The number of ether oxygens (including phenoxy) is 1. The fourth-order valence-electron chi connectivity index (χ4n) is 1.89. The Bertz CT molecular complexity index is 375. The predicted molar refractivity (Wildman–Crippen MR) is 68.7 cm³/mol. The molecule has 17 heavy (non-hydrogen) atoms. The highest BCUT2D eigenvalue weighted by atomic mass is 33.1. The molecule has 4 nitrogen and oxygen atoms in total. The number of hydrogen-bond acceptors (Lipinski definition) is 6. The second kappa shape index (κ2) is 5.17. The summed E-state index contributed by atoms with van der Waals surface area (Å²) in [5, 5.41) is 29.3. The smallest absolute Gasteiger partial charge is 0.177 e. The summed E-state index contributed by atoms with van der Waals surface area (Å²) in [4.78, 5) is -1.15. The molecular formula is C11H14O4S2. The molecular weight excluding hydrogens is 260 g/mol. The molecule has 3 N–H and O–H groups in total. The van der Waals surface area contributed by atoms with Gasteiger partial charge in [0.1, 0.15) is 18.3 Å². The van der Waals surface area contributed by atoms with Gasteiger partial charge in [-0.1, -0.05) is 41.1 Å². The van der Waals surface area contributed by atoms with Crippen molar-refractivity contribution in [3.8, 4) is 0 Å². The van der Waals surface area contributed by atoms with E-state index in [0.717, 1.165) is 10.8 Å². The lowest BCUT2D eigenvalue weighted by atomic mass is 9.94. The molecule has 1 aromatic carbocycles. The van der Waals surface area contributed by atoms with Crippen molar-refractivity contribution >= 4 is 22.5 Å². The fourth-order valence-corrected chi connectivity index (χ4v) is 3.29. The minimum atomic E-state index is -1.25. The van der Waals surface area contributed by atoms with Gasteiger partial charge in [-0.05, 0) is 5.56 Å². The van der Waals surface area contributed by atoms with E-state index in [9.17, 15) is 15.3 Å². The van der Waals surface area contributed by atoms with Crippen molar-refractivity contribution < 1.29 is 20.1 Å². The standard InChI is InChI=1S/C11H14O4S2/c12-8-6-15-11(17-16,10(14)9(8)13)7-4-2-1-3-5-7/h1-5,8-10,12-14,16H,6H2/t8-,9+,10-,11+/m1/s1. The summed E-state index contributed by atoms with van der Waals surface area (Å²) >= 11 is 4.13. The maximum absolute atomic E-state index is 10.1. The van der Waals surface area contributed by atoms with Gasteiger partial charge >= 0.3 is 0 Å². The van der Waals surface area contributed by atoms with Gasteiger partial charge in [-0.2, -0.15) is 0 Å². The minimum absolute atomic E-state index is 0.0410. The Hall–Kier alpha value is -0.240. The third-order valence-electron chi connectivity index (χ3n) is 2.89. The Kier molecular flexibility index (Phi) is 4.02. The van der Waals surface area contributed by atoms with Crippen LogP contribution in [-0.2, 0) is 9.67 Å². The molecule has 1 aliphatic heterocycles. The summed E-state index contributed by atoms with van der Waals surface area (Å²) < 4.78 is 5.52. The summed E-state index contributed by atoms with van der Waals surface area (Å²) in [5.74, 6) is 0. The normalized spacial score (nSPS) is 38.0. The van der Waals surface area contributed by atoms with Crippen LogP contribution in [0.1, 0.15) is 5.56 Å². The highest BCUT2D eigenvalue weighted by Gasteiger charge is 2.50. The topological polar surface area (TPSA) is 69.9 Å². The molecule has 1 saturated heterocycles. The molecule has 0 saturated carbocycles. The number of hydrogen-bond donors (Lipinski definition) is 4. The second-order valence-corrected chi connectivity index (χ2v) is 5.28. The third-order valence-corrected chi connectivity index (χ3v) is 4.57. The van der Waals surface area contributed by atoms with E-state index < -0.39 is 23.2 Å². The Balaban J connectivity index is 2.38. The molecule has 0 radical (unpaired) electrons. The number of aliphatic hydroxyl groups is 3. The molecule has 0 amide bonds. The highest BCUT2D eigenvalue weighted by molar-refractivity contribution is 8.68. The molecule has 4 atom stereocenters. The lowest BCUT2D eigenvalue weighted by Crippen LogP contribution is -2.57. The van der Waals surface area contributed by atoms with Crippen LogP contribution in [0.4, 0.5) is 0 Å². The van der Waals surface area contributed by atoms with Crippen LogP contribution in [0.3, 0.4) is 0 Å². The first-order chi connectivity index (χ1) is 8.12. The van der Waals surface area contributed by atoms with E-state index in [1.165, 1.54) is 0 Å². The average Bonchev–Trinajstić information content (AvgIpc) is 2.38. The Labute approximate surface area is 108 Å². The first kappa shape index (κ1) is 13.2. The maximum atomic E-state index is 10.1. The van der Waals surface area contributed by atoms with Gasteiger partial charge in [0.2, 0.25) is 0 Å². The molecule has 0 aromatic heterocycles. The van der Waals surface area contributed by atoms with E-state index in [1.807, 2.05) is 18.2 Å². The quantitative estimate of drug-likeness (QED) is 0.468. The van der Waals surface area contributed by atoms with Crippen molar-refractivity contribution in [1.29, 1.82) is 0 Å². The number of thiol groups is 1. The molecule has 1 aromatic rings. The largest absolute Gasteiger partial charge is 0.388 e. The van der Waals surface area contributed by atoms with Crippen LogP contribution in [0.15, 0.2) is 30.3 Å². The molecule has 0 spiro atoms. The molecule has 1 fully saturated rings. The highest BCUT2D eigenvalue weighted by Crippen LogP contribution is 2.46. The van der Waals surface area contributed by atoms with E-state index in [2.05, 4.69) is 11.7 Å². The van der Waals surface area contributed by atoms with Crippen LogP contribution in [0.5, 0.6) is 0 Å². The van der Waals surface area contributed by atoms with Crippen LogP contribution in [0.25, 0.3) is 0 Å². The molecule has 6 heteroatoms. The Morgan fingerprint density at radius 2 is 1.88 bits per heavy atom. The average molecular weight is 274 g/mol.